The van der Waals surface area contributed by atoms with Crippen LogP contribution in [-0.4, -0.2) is 18.5 Å². The smallest absolute Gasteiger partial charge is 0.240 e. The number of nitriles is 1. The lowest BCUT2D eigenvalue weighted by Crippen LogP contribution is -2.48. The Labute approximate surface area is 115 Å². The average molecular weight is 308 g/mol. The van der Waals surface area contributed by atoms with Crippen molar-refractivity contribution in [3.63, 3.8) is 0 Å². The molecule has 2 rings (SSSR count). The molecule has 1 aliphatic heterocycles. The molecule has 1 unspecified atom stereocenters. The van der Waals surface area contributed by atoms with Crippen LogP contribution in [0.25, 0.3) is 0 Å². The molecule has 0 saturated carbocycles. The van der Waals surface area contributed by atoms with Gasteiger partial charge in [0.1, 0.15) is 12.1 Å². The number of amides is 1. The Hall–Kier alpha value is -1.54. The van der Waals surface area contributed by atoms with Gasteiger partial charge in [-0.3, -0.25) is 4.79 Å². The number of nitrogens with zero attached hydrogens (tertiary/aromatic N) is 2. The monoisotopic (exact) mass is 307 g/mol. The van der Waals surface area contributed by atoms with E-state index in [1.165, 1.54) is 0 Å². The number of anilines is 1. The molecule has 1 amide bonds. The van der Waals surface area contributed by atoms with Gasteiger partial charge in [0.2, 0.25) is 5.91 Å². The molecule has 5 heteroatoms. The molecule has 1 heterocycles. The van der Waals surface area contributed by atoms with Gasteiger partial charge >= 0.3 is 0 Å². The van der Waals surface area contributed by atoms with Crippen molar-refractivity contribution in [1.82, 2.24) is 0 Å². The van der Waals surface area contributed by atoms with Gasteiger partial charge in [0.25, 0.3) is 0 Å². The number of carbonyl (C=O) groups is 1. The normalized spacial score (nSPS) is 19.3. The number of halogens is 1. The van der Waals surface area contributed by atoms with Crippen molar-refractivity contribution in [2.45, 2.75) is 25.3 Å². The molecule has 1 atom stereocenters. The van der Waals surface area contributed by atoms with Crippen LogP contribution >= 0.6 is 15.9 Å². The molecule has 0 radical (unpaired) electrons. The van der Waals surface area contributed by atoms with E-state index in [4.69, 9.17) is 11.0 Å². The lowest BCUT2D eigenvalue weighted by molar-refractivity contribution is -0.119. The molecule has 0 aromatic heterocycles. The van der Waals surface area contributed by atoms with Crippen LogP contribution in [0.3, 0.4) is 0 Å². The van der Waals surface area contributed by atoms with Crippen LogP contribution in [0, 0.1) is 11.3 Å². The van der Waals surface area contributed by atoms with E-state index in [0.717, 1.165) is 36.0 Å². The van der Waals surface area contributed by atoms with Crippen molar-refractivity contribution in [2.24, 2.45) is 5.73 Å². The lowest BCUT2D eigenvalue weighted by atomic mass is 9.99. The van der Waals surface area contributed by atoms with E-state index in [1.807, 2.05) is 17.0 Å². The quantitative estimate of drug-likeness (QED) is 0.910. The van der Waals surface area contributed by atoms with Crippen LogP contribution in [0.2, 0.25) is 0 Å². The maximum absolute atomic E-state index is 11.5. The van der Waals surface area contributed by atoms with Crippen LogP contribution in [0.15, 0.2) is 22.7 Å². The number of hydrogen-bond acceptors (Lipinski definition) is 3. The van der Waals surface area contributed by atoms with E-state index in [2.05, 4.69) is 22.0 Å². The number of primary amides is 1. The Morgan fingerprint density at radius 3 is 2.94 bits per heavy atom. The minimum absolute atomic E-state index is 0.305. The predicted octanol–water partition coefficient (Wildman–Crippen LogP) is 2.16. The molecule has 2 N–H and O–H groups in total. The Morgan fingerprint density at radius 1 is 1.50 bits per heavy atom. The third-order valence-corrected chi connectivity index (χ3v) is 3.71. The molecule has 0 spiro atoms. The average Bonchev–Trinajstić information content (AvgIpc) is 2.38. The fraction of sp³-hybridized carbons (Fsp3) is 0.385. The third-order valence-electron chi connectivity index (χ3n) is 3.22. The first-order chi connectivity index (χ1) is 8.63. The standard InChI is InChI=1S/C13H14BrN3O/c14-10-5-4-9(8-15)12(7-10)17-6-2-1-3-11(17)13(16)18/h4-5,7,11H,1-3,6H2,(H2,16,18). The molecule has 1 fully saturated rings. The zero-order valence-electron chi connectivity index (χ0n) is 9.90. The van der Waals surface area contributed by atoms with E-state index in [0.29, 0.717) is 5.56 Å². The first-order valence-corrected chi connectivity index (χ1v) is 6.68. The van der Waals surface area contributed by atoms with Crippen LogP contribution in [0.4, 0.5) is 5.69 Å². The fourth-order valence-corrected chi connectivity index (χ4v) is 2.70. The second-order valence-corrected chi connectivity index (χ2v) is 5.30. The topological polar surface area (TPSA) is 70.1 Å². The predicted molar refractivity (Wildman–Crippen MR) is 73.0 cm³/mol. The maximum atomic E-state index is 11.5. The highest BCUT2D eigenvalue weighted by atomic mass is 79.9. The first kappa shape index (κ1) is 12.9. The van der Waals surface area contributed by atoms with Crippen LogP contribution < -0.4 is 10.6 Å². The Bertz CT molecular complexity index is 509. The summed E-state index contributed by atoms with van der Waals surface area (Å²) in [5, 5.41) is 9.16. The molecule has 94 valence electrons. The lowest BCUT2D eigenvalue weighted by Gasteiger charge is -2.36. The number of rotatable bonds is 2. The highest BCUT2D eigenvalue weighted by Crippen LogP contribution is 2.30. The van der Waals surface area contributed by atoms with Crippen molar-refractivity contribution in [3.8, 4) is 6.07 Å². The largest absolute Gasteiger partial charge is 0.368 e. The zero-order chi connectivity index (χ0) is 13.1. The summed E-state index contributed by atoms with van der Waals surface area (Å²) >= 11 is 3.40. The van der Waals surface area contributed by atoms with Crippen molar-refractivity contribution in [2.75, 3.05) is 11.4 Å². The highest BCUT2D eigenvalue weighted by Gasteiger charge is 2.28. The first-order valence-electron chi connectivity index (χ1n) is 5.89. The van der Waals surface area contributed by atoms with Crippen molar-refractivity contribution in [1.29, 1.82) is 5.26 Å². The van der Waals surface area contributed by atoms with Gasteiger partial charge in [-0.05, 0) is 37.5 Å². The van der Waals surface area contributed by atoms with Crippen LogP contribution in [0.1, 0.15) is 24.8 Å². The maximum Gasteiger partial charge on any atom is 0.240 e. The number of nitrogens with two attached hydrogens (primary N) is 1. The van der Waals surface area contributed by atoms with Crippen LogP contribution in [0.5, 0.6) is 0 Å². The van der Waals surface area contributed by atoms with Crippen molar-refractivity contribution >= 4 is 27.5 Å². The molecule has 0 aliphatic carbocycles. The van der Waals surface area contributed by atoms with E-state index in [-0.39, 0.29) is 11.9 Å². The van der Waals surface area contributed by atoms with Gasteiger partial charge in [-0.1, -0.05) is 15.9 Å². The number of carbonyl (C=O) groups excluding carboxylic acids is 1. The summed E-state index contributed by atoms with van der Waals surface area (Å²) < 4.78 is 0.894. The molecular formula is C13H14BrN3O. The summed E-state index contributed by atoms with van der Waals surface area (Å²) in [6.07, 6.45) is 2.77. The summed E-state index contributed by atoms with van der Waals surface area (Å²) in [5.41, 5.74) is 6.81. The van der Waals surface area contributed by atoms with Crippen molar-refractivity contribution < 1.29 is 4.79 Å². The summed E-state index contributed by atoms with van der Waals surface area (Å²) in [5.74, 6) is -0.321. The Morgan fingerprint density at radius 2 is 2.28 bits per heavy atom. The summed E-state index contributed by atoms with van der Waals surface area (Å²) in [6, 6.07) is 7.32. The number of benzene rings is 1. The fourth-order valence-electron chi connectivity index (χ4n) is 2.35. The second-order valence-electron chi connectivity index (χ2n) is 4.38. The molecule has 1 aliphatic rings. The van der Waals surface area contributed by atoms with Gasteiger partial charge in [0, 0.05) is 11.0 Å². The summed E-state index contributed by atoms with van der Waals surface area (Å²) in [4.78, 5) is 13.5. The summed E-state index contributed by atoms with van der Waals surface area (Å²) in [6.45, 7) is 0.763. The third kappa shape index (κ3) is 2.49. The Balaban J connectivity index is 2.42. The van der Waals surface area contributed by atoms with Gasteiger partial charge in [0.15, 0.2) is 0 Å². The van der Waals surface area contributed by atoms with Gasteiger partial charge in [-0.2, -0.15) is 5.26 Å². The van der Waals surface area contributed by atoms with E-state index < -0.39 is 0 Å². The SMILES string of the molecule is N#Cc1ccc(Br)cc1N1CCCCC1C(N)=O. The molecule has 18 heavy (non-hydrogen) atoms. The zero-order valence-corrected chi connectivity index (χ0v) is 11.5. The van der Waals surface area contributed by atoms with Crippen molar-refractivity contribution in [3.05, 3.63) is 28.2 Å². The van der Waals surface area contributed by atoms with Gasteiger partial charge < -0.3 is 10.6 Å². The van der Waals surface area contributed by atoms with Gasteiger partial charge in [0.05, 0.1) is 11.3 Å². The minimum atomic E-state index is -0.321. The number of piperidine rings is 1. The van der Waals surface area contributed by atoms with E-state index in [1.54, 1.807) is 6.07 Å². The van der Waals surface area contributed by atoms with E-state index >= 15 is 0 Å². The molecular weight excluding hydrogens is 294 g/mol. The minimum Gasteiger partial charge on any atom is -0.368 e. The molecule has 0 bridgehead atoms. The van der Waals surface area contributed by atoms with E-state index in [9.17, 15) is 4.79 Å². The molecule has 4 nitrogen and oxygen atoms in total. The number of hydrogen-bond donors (Lipinski definition) is 1. The molecule has 1 saturated heterocycles. The Kier molecular flexibility index (Phi) is 3.87. The van der Waals surface area contributed by atoms with Crippen LogP contribution in [-0.2, 0) is 4.79 Å². The van der Waals surface area contributed by atoms with Gasteiger partial charge in [-0.25, -0.2) is 0 Å². The van der Waals surface area contributed by atoms with Gasteiger partial charge in [-0.15, -0.1) is 0 Å². The second kappa shape index (κ2) is 5.40. The molecule has 1 aromatic carbocycles. The molecule has 1 aromatic rings. The highest BCUT2D eigenvalue weighted by molar-refractivity contribution is 9.10. The summed E-state index contributed by atoms with van der Waals surface area (Å²) in [7, 11) is 0.